The third-order valence-electron chi connectivity index (χ3n) is 2.65. The van der Waals surface area contributed by atoms with E-state index in [0.29, 0.717) is 10.0 Å². The molecule has 2 rings (SSSR count). The molecule has 0 saturated carbocycles. The van der Waals surface area contributed by atoms with Crippen molar-refractivity contribution >= 4 is 21.8 Å². The van der Waals surface area contributed by atoms with E-state index in [4.69, 9.17) is 0 Å². The van der Waals surface area contributed by atoms with Gasteiger partial charge in [-0.3, -0.25) is 9.78 Å². The zero-order valence-electron chi connectivity index (χ0n) is 10.4. The summed E-state index contributed by atoms with van der Waals surface area (Å²) < 4.78 is 13.7. The molecule has 2 N–H and O–H groups in total. The number of benzene rings is 1. The zero-order valence-corrected chi connectivity index (χ0v) is 12.0. The smallest absolute Gasteiger partial charge is 0.251 e. The van der Waals surface area contributed by atoms with Crippen LogP contribution in [-0.4, -0.2) is 22.5 Å². The third kappa shape index (κ3) is 3.85. The molecule has 1 amide bonds. The van der Waals surface area contributed by atoms with Gasteiger partial charge in [-0.25, -0.2) is 4.39 Å². The number of halogens is 2. The number of rotatable bonds is 4. The van der Waals surface area contributed by atoms with E-state index in [-0.39, 0.29) is 12.1 Å². The molecule has 0 fully saturated rings. The molecular formula is C14H12BrFN2O2. The standard InChI is InChI=1S/C14H12BrFN2O2/c15-11-4-10(5-12(16)6-11)14(20)18-8-13(19)9-2-1-3-17-7-9/h1-7,13,19H,8H2,(H,18,20)/t13-/m0/s1. The van der Waals surface area contributed by atoms with Crippen LogP contribution >= 0.6 is 15.9 Å². The number of amides is 1. The van der Waals surface area contributed by atoms with Gasteiger partial charge >= 0.3 is 0 Å². The molecule has 0 radical (unpaired) electrons. The Kier molecular flexibility index (Phi) is 4.81. The van der Waals surface area contributed by atoms with Crippen LogP contribution in [0.5, 0.6) is 0 Å². The van der Waals surface area contributed by atoms with Crippen LogP contribution < -0.4 is 5.32 Å². The van der Waals surface area contributed by atoms with Crippen molar-refractivity contribution in [1.82, 2.24) is 10.3 Å². The van der Waals surface area contributed by atoms with Crippen molar-refractivity contribution in [3.63, 3.8) is 0 Å². The van der Waals surface area contributed by atoms with Crippen LogP contribution in [0.15, 0.2) is 47.2 Å². The lowest BCUT2D eigenvalue weighted by molar-refractivity contribution is 0.0915. The first-order valence-corrected chi connectivity index (χ1v) is 6.68. The molecule has 0 saturated heterocycles. The molecule has 20 heavy (non-hydrogen) atoms. The predicted molar refractivity (Wildman–Crippen MR) is 75.6 cm³/mol. The Morgan fingerprint density at radius 3 is 2.90 bits per heavy atom. The second kappa shape index (κ2) is 6.58. The van der Waals surface area contributed by atoms with Crippen molar-refractivity contribution in [2.24, 2.45) is 0 Å². The summed E-state index contributed by atoms with van der Waals surface area (Å²) in [6.45, 7) is 0.0264. The van der Waals surface area contributed by atoms with Crippen LogP contribution in [0.3, 0.4) is 0 Å². The Bertz CT molecular complexity index is 587. The van der Waals surface area contributed by atoms with Gasteiger partial charge in [0.2, 0.25) is 0 Å². The van der Waals surface area contributed by atoms with Gasteiger partial charge in [0.1, 0.15) is 5.82 Å². The van der Waals surface area contributed by atoms with Gasteiger partial charge in [-0.1, -0.05) is 22.0 Å². The minimum Gasteiger partial charge on any atom is -0.387 e. The van der Waals surface area contributed by atoms with E-state index in [1.54, 1.807) is 18.3 Å². The number of aromatic nitrogens is 1. The number of aliphatic hydroxyl groups is 1. The number of aliphatic hydroxyl groups excluding tert-OH is 1. The number of hydrogen-bond acceptors (Lipinski definition) is 3. The Labute approximate surface area is 123 Å². The lowest BCUT2D eigenvalue weighted by Gasteiger charge is -2.12. The van der Waals surface area contributed by atoms with Gasteiger partial charge in [0.15, 0.2) is 0 Å². The second-order valence-corrected chi connectivity index (χ2v) is 5.09. The summed E-state index contributed by atoms with van der Waals surface area (Å²) >= 11 is 3.12. The molecule has 1 heterocycles. The van der Waals surface area contributed by atoms with Crippen molar-refractivity contribution in [2.45, 2.75) is 6.10 Å². The molecular weight excluding hydrogens is 327 g/mol. The molecule has 0 aliphatic carbocycles. The molecule has 104 valence electrons. The summed E-state index contributed by atoms with van der Waals surface area (Å²) in [5.74, 6) is -0.953. The number of nitrogens with one attached hydrogen (secondary N) is 1. The van der Waals surface area contributed by atoms with Crippen molar-refractivity contribution < 1.29 is 14.3 Å². The van der Waals surface area contributed by atoms with Crippen LogP contribution in [0.4, 0.5) is 4.39 Å². The Hall–Kier alpha value is -1.79. The first-order chi connectivity index (χ1) is 9.56. The molecule has 1 aromatic heterocycles. The largest absolute Gasteiger partial charge is 0.387 e. The molecule has 0 aliphatic heterocycles. The van der Waals surface area contributed by atoms with Crippen LogP contribution in [-0.2, 0) is 0 Å². The van der Waals surface area contributed by atoms with Gasteiger partial charge < -0.3 is 10.4 Å². The minimum atomic E-state index is -0.857. The zero-order chi connectivity index (χ0) is 14.5. The highest BCUT2D eigenvalue weighted by Crippen LogP contribution is 2.15. The highest BCUT2D eigenvalue weighted by Gasteiger charge is 2.12. The highest BCUT2D eigenvalue weighted by atomic mass is 79.9. The summed E-state index contributed by atoms with van der Waals surface area (Å²) in [7, 11) is 0. The topological polar surface area (TPSA) is 62.2 Å². The van der Waals surface area contributed by atoms with E-state index in [9.17, 15) is 14.3 Å². The van der Waals surface area contributed by atoms with E-state index in [0.717, 1.165) is 6.07 Å². The van der Waals surface area contributed by atoms with Gasteiger partial charge in [0.25, 0.3) is 5.91 Å². The average Bonchev–Trinajstić information content (AvgIpc) is 2.44. The quantitative estimate of drug-likeness (QED) is 0.900. The van der Waals surface area contributed by atoms with Crippen LogP contribution in [0.25, 0.3) is 0 Å². The van der Waals surface area contributed by atoms with Crippen molar-refractivity contribution in [3.8, 4) is 0 Å². The SMILES string of the molecule is O=C(NC[C@H](O)c1cccnc1)c1cc(F)cc(Br)c1. The monoisotopic (exact) mass is 338 g/mol. The lowest BCUT2D eigenvalue weighted by atomic mass is 10.1. The Balaban J connectivity index is 1.98. The van der Waals surface area contributed by atoms with Crippen molar-refractivity contribution in [3.05, 3.63) is 64.1 Å². The van der Waals surface area contributed by atoms with Gasteiger partial charge in [0.05, 0.1) is 6.10 Å². The molecule has 2 aromatic rings. The highest BCUT2D eigenvalue weighted by molar-refractivity contribution is 9.10. The van der Waals surface area contributed by atoms with Crippen molar-refractivity contribution in [2.75, 3.05) is 6.54 Å². The number of pyridine rings is 1. The van der Waals surface area contributed by atoms with E-state index in [1.807, 2.05) is 0 Å². The Morgan fingerprint density at radius 1 is 1.45 bits per heavy atom. The maximum Gasteiger partial charge on any atom is 0.251 e. The van der Waals surface area contributed by atoms with E-state index in [1.165, 1.54) is 18.3 Å². The fourth-order valence-corrected chi connectivity index (χ4v) is 2.13. The summed E-state index contributed by atoms with van der Waals surface area (Å²) in [4.78, 5) is 15.7. The van der Waals surface area contributed by atoms with E-state index < -0.39 is 17.8 Å². The fourth-order valence-electron chi connectivity index (χ4n) is 1.67. The second-order valence-electron chi connectivity index (χ2n) is 4.17. The fraction of sp³-hybridized carbons (Fsp3) is 0.143. The Morgan fingerprint density at radius 2 is 2.25 bits per heavy atom. The molecule has 1 aromatic carbocycles. The maximum atomic E-state index is 13.2. The molecule has 0 bridgehead atoms. The molecule has 4 nitrogen and oxygen atoms in total. The minimum absolute atomic E-state index is 0.0264. The van der Waals surface area contributed by atoms with Crippen LogP contribution in [0.1, 0.15) is 22.0 Å². The summed E-state index contributed by atoms with van der Waals surface area (Å²) in [5, 5.41) is 12.4. The van der Waals surface area contributed by atoms with Gasteiger partial charge in [-0.2, -0.15) is 0 Å². The summed E-state index contributed by atoms with van der Waals surface area (Å²) in [6, 6.07) is 7.32. The number of carbonyl (C=O) groups is 1. The first-order valence-electron chi connectivity index (χ1n) is 5.88. The van der Waals surface area contributed by atoms with Gasteiger partial charge in [-0.05, 0) is 24.3 Å². The maximum absolute atomic E-state index is 13.2. The lowest BCUT2D eigenvalue weighted by Crippen LogP contribution is -2.28. The molecule has 1 atom stereocenters. The molecule has 0 unspecified atom stereocenters. The third-order valence-corrected chi connectivity index (χ3v) is 3.11. The summed E-state index contributed by atoms with van der Waals surface area (Å²) in [6.07, 6.45) is 2.26. The van der Waals surface area contributed by atoms with Crippen LogP contribution in [0.2, 0.25) is 0 Å². The van der Waals surface area contributed by atoms with Gasteiger partial charge in [-0.15, -0.1) is 0 Å². The van der Waals surface area contributed by atoms with Gasteiger partial charge in [0, 0.05) is 34.5 Å². The first kappa shape index (κ1) is 14.6. The number of carbonyl (C=O) groups excluding carboxylic acids is 1. The molecule has 0 aliphatic rings. The average molecular weight is 339 g/mol. The molecule has 0 spiro atoms. The summed E-state index contributed by atoms with van der Waals surface area (Å²) in [5.41, 5.74) is 0.795. The number of nitrogens with zero attached hydrogens (tertiary/aromatic N) is 1. The normalized spacial score (nSPS) is 11.9. The number of hydrogen-bond donors (Lipinski definition) is 2. The predicted octanol–water partition coefficient (Wildman–Crippen LogP) is 2.45. The van der Waals surface area contributed by atoms with Crippen molar-refractivity contribution in [1.29, 1.82) is 0 Å². The van der Waals surface area contributed by atoms with Crippen LogP contribution in [0, 0.1) is 5.82 Å². The van der Waals surface area contributed by atoms with E-state index >= 15 is 0 Å². The molecule has 6 heteroatoms. The van der Waals surface area contributed by atoms with E-state index in [2.05, 4.69) is 26.2 Å².